The highest BCUT2D eigenvalue weighted by molar-refractivity contribution is 14.0. The molecule has 29 heavy (non-hydrogen) atoms. The molecule has 2 N–H and O–H groups in total. The topological polar surface area (TPSA) is 93.4 Å². The Kier molecular flexibility index (Phi) is 10.3. The van der Waals surface area contributed by atoms with Gasteiger partial charge >= 0.3 is 0 Å². The summed E-state index contributed by atoms with van der Waals surface area (Å²) in [6, 6.07) is 0.297. The van der Waals surface area contributed by atoms with Crippen LogP contribution in [-0.4, -0.2) is 61.2 Å². The van der Waals surface area contributed by atoms with Gasteiger partial charge < -0.3 is 19.9 Å². The summed E-state index contributed by atoms with van der Waals surface area (Å²) >= 11 is 0. The molecular formula is C19H35IN6O2S. The van der Waals surface area contributed by atoms with Gasteiger partial charge in [-0.05, 0) is 39.0 Å². The van der Waals surface area contributed by atoms with Crippen molar-refractivity contribution in [1.82, 2.24) is 25.4 Å². The molecule has 2 fully saturated rings. The van der Waals surface area contributed by atoms with Crippen molar-refractivity contribution in [3.63, 3.8) is 0 Å². The second-order valence-electron chi connectivity index (χ2n) is 7.70. The molecule has 0 aromatic carbocycles. The summed E-state index contributed by atoms with van der Waals surface area (Å²) in [5.74, 6) is 3.23. The van der Waals surface area contributed by atoms with Crippen molar-refractivity contribution >= 4 is 40.7 Å². The molecule has 4 unspecified atom stereocenters. The number of hydrogen-bond acceptors (Lipinski definition) is 5. The molecule has 4 atom stereocenters. The maximum Gasteiger partial charge on any atom is 0.192 e. The predicted octanol–water partition coefficient (Wildman–Crippen LogP) is 2.04. The molecule has 2 aliphatic rings. The minimum atomic E-state index is -0.730. The van der Waals surface area contributed by atoms with E-state index in [0.717, 1.165) is 75.0 Å². The van der Waals surface area contributed by atoms with Gasteiger partial charge in [-0.2, -0.15) is 0 Å². The first-order valence-electron chi connectivity index (χ1n) is 10.4. The Morgan fingerprint density at radius 3 is 2.79 bits per heavy atom. The van der Waals surface area contributed by atoms with Crippen LogP contribution in [0, 0.1) is 6.92 Å². The zero-order valence-corrected chi connectivity index (χ0v) is 20.9. The number of aliphatic imine (C=N–C) groups is 1. The number of nitrogens with one attached hydrogen (secondary N) is 2. The molecule has 3 rings (SSSR count). The average Bonchev–Trinajstić information content (AvgIpc) is 3.34. The third-order valence-electron chi connectivity index (χ3n) is 5.71. The van der Waals surface area contributed by atoms with Crippen LogP contribution in [0.3, 0.4) is 0 Å². The van der Waals surface area contributed by atoms with E-state index in [1.165, 1.54) is 0 Å². The second-order valence-corrected chi connectivity index (χ2v) is 9.71. The monoisotopic (exact) mass is 538 g/mol. The largest absolute Gasteiger partial charge is 0.376 e. The number of rotatable bonds is 7. The first kappa shape index (κ1) is 24.5. The van der Waals surface area contributed by atoms with Crippen LogP contribution in [0.4, 0.5) is 0 Å². The third-order valence-corrected chi connectivity index (χ3v) is 7.45. The van der Waals surface area contributed by atoms with Crippen molar-refractivity contribution in [1.29, 1.82) is 0 Å². The van der Waals surface area contributed by atoms with Crippen LogP contribution in [0.2, 0.25) is 0 Å². The normalized spacial score (nSPS) is 26.0. The molecule has 1 aromatic heterocycles. The van der Waals surface area contributed by atoms with Crippen LogP contribution in [-0.2, 0) is 29.1 Å². The van der Waals surface area contributed by atoms with Crippen molar-refractivity contribution in [2.45, 2.75) is 76.3 Å². The second kappa shape index (κ2) is 12.2. The van der Waals surface area contributed by atoms with Crippen molar-refractivity contribution in [2.24, 2.45) is 12.0 Å². The summed E-state index contributed by atoms with van der Waals surface area (Å²) in [5, 5.41) is 15.6. The van der Waals surface area contributed by atoms with Crippen LogP contribution >= 0.6 is 24.0 Å². The van der Waals surface area contributed by atoms with Gasteiger partial charge in [0.15, 0.2) is 11.8 Å². The fraction of sp³-hybridized carbons (Fsp3) is 0.842. The molecule has 8 nitrogen and oxygen atoms in total. The number of ether oxygens (including phenoxy) is 1. The fourth-order valence-electron chi connectivity index (χ4n) is 3.85. The smallest absolute Gasteiger partial charge is 0.192 e. The summed E-state index contributed by atoms with van der Waals surface area (Å²) in [7, 11) is 1.23. The highest BCUT2D eigenvalue weighted by atomic mass is 127. The Morgan fingerprint density at radius 2 is 2.14 bits per heavy atom. The third kappa shape index (κ3) is 7.16. The number of aryl methyl sites for hydroxylation is 1. The highest BCUT2D eigenvalue weighted by Crippen LogP contribution is 2.23. The van der Waals surface area contributed by atoms with Crippen LogP contribution in [0.1, 0.15) is 57.1 Å². The van der Waals surface area contributed by atoms with Crippen molar-refractivity contribution < 1.29 is 8.95 Å². The van der Waals surface area contributed by atoms with Crippen LogP contribution < -0.4 is 10.6 Å². The van der Waals surface area contributed by atoms with Gasteiger partial charge in [0.25, 0.3) is 0 Å². The number of guanidine groups is 1. The number of halogens is 1. The number of nitrogens with zero attached hydrogens (tertiary/aromatic N) is 4. The molecule has 0 bridgehead atoms. The van der Waals surface area contributed by atoms with E-state index in [4.69, 9.17) is 9.73 Å². The molecule has 0 radical (unpaired) electrons. The van der Waals surface area contributed by atoms with E-state index in [1.807, 2.05) is 25.5 Å². The standard InChI is InChI=1S/C19H34N6O2S.HI/c1-4-28(26)17-9-5-7-15(11-17)22-19(20-12-16-8-6-10-27-16)21-13-18-24-23-14(2)25(18)3;/h15-17H,4-13H2,1-3H3,(H2,20,21,22);1H. The number of hydrogen-bond donors (Lipinski definition) is 2. The molecule has 1 saturated carbocycles. The fourth-order valence-corrected chi connectivity index (χ4v) is 5.20. The lowest BCUT2D eigenvalue weighted by Crippen LogP contribution is -2.48. The van der Waals surface area contributed by atoms with Gasteiger partial charge in [-0.15, -0.1) is 34.2 Å². The Morgan fingerprint density at radius 1 is 1.31 bits per heavy atom. The molecular weight excluding hydrogens is 503 g/mol. The first-order valence-corrected chi connectivity index (χ1v) is 11.8. The molecule has 1 aliphatic carbocycles. The summed E-state index contributed by atoms with van der Waals surface area (Å²) in [6.07, 6.45) is 6.64. The van der Waals surface area contributed by atoms with E-state index in [2.05, 4.69) is 20.8 Å². The zero-order valence-electron chi connectivity index (χ0n) is 17.7. The molecule has 1 aliphatic heterocycles. The van der Waals surface area contributed by atoms with E-state index in [9.17, 15) is 4.21 Å². The van der Waals surface area contributed by atoms with Gasteiger partial charge in [0.05, 0.1) is 6.10 Å². The maximum atomic E-state index is 12.3. The highest BCUT2D eigenvalue weighted by Gasteiger charge is 2.26. The van der Waals surface area contributed by atoms with Gasteiger partial charge in [0, 0.05) is 48.0 Å². The molecule has 0 spiro atoms. The Balaban J connectivity index is 0.00000300. The van der Waals surface area contributed by atoms with E-state index in [-0.39, 0.29) is 35.3 Å². The maximum absolute atomic E-state index is 12.3. The van der Waals surface area contributed by atoms with Gasteiger partial charge in [0.1, 0.15) is 12.4 Å². The first-order chi connectivity index (χ1) is 13.6. The van der Waals surface area contributed by atoms with Crippen LogP contribution in [0.25, 0.3) is 0 Å². The summed E-state index contributed by atoms with van der Waals surface area (Å²) in [5.41, 5.74) is 0. The lowest BCUT2D eigenvalue weighted by Gasteiger charge is -2.30. The Hall–Kier alpha value is -0.750. The Labute approximate surface area is 193 Å². The molecule has 1 saturated heterocycles. The lowest BCUT2D eigenvalue weighted by molar-refractivity contribution is 0.113. The molecule has 1 aromatic rings. The molecule has 0 amide bonds. The van der Waals surface area contributed by atoms with E-state index >= 15 is 0 Å². The van der Waals surface area contributed by atoms with Crippen molar-refractivity contribution in [3.05, 3.63) is 11.6 Å². The van der Waals surface area contributed by atoms with Gasteiger partial charge in [-0.3, -0.25) is 4.21 Å². The predicted molar refractivity (Wildman–Crippen MR) is 127 cm³/mol. The summed E-state index contributed by atoms with van der Waals surface area (Å²) in [6.45, 7) is 6.00. The van der Waals surface area contributed by atoms with Crippen molar-refractivity contribution in [3.8, 4) is 0 Å². The van der Waals surface area contributed by atoms with E-state index < -0.39 is 10.8 Å². The minimum absolute atomic E-state index is 0. The van der Waals surface area contributed by atoms with E-state index in [1.54, 1.807) is 0 Å². The minimum Gasteiger partial charge on any atom is -0.376 e. The quantitative estimate of drug-likeness (QED) is 0.314. The van der Waals surface area contributed by atoms with Crippen molar-refractivity contribution in [2.75, 3.05) is 18.9 Å². The van der Waals surface area contributed by atoms with Gasteiger partial charge in [-0.1, -0.05) is 13.3 Å². The SMILES string of the molecule is CCS(=O)C1CCCC(NC(=NCc2nnc(C)n2C)NCC2CCCO2)C1.I. The molecule has 166 valence electrons. The lowest BCUT2D eigenvalue weighted by atomic mass is 9.95. The van der Waals surface area contributed by atoms with Crippen LogP contribution in [0.15, 0.2) is 4.99 Å². The van der Waals surface area contributed by atoms with Gasteiger partial charge in [-0.25, -0.2) is 4.99 Å². The summed E-state index contributed by atoms with van der Waals surface area (Å²) < 4.78 is 19.9. The zero-order chi connectivity index (χ0) is 19.9. The van der Waals surface area contributed by atoms with E-state index in [0.29, 0.717) is 12.6 Å². The Bertz CT molecular complexity index is 692. The number of aromatic nitrogens is 3. The van der Waals surface area contributed by atoms with Gasteiger partial charge in [0.2, 0.25) is 0 Å². The average molecular weight is 539 g/mol. The summed E-state index contributed by atoms with van der Waals surface area (Å²) in [4.78, 5) is 4.75. The molecule has 10 heteroatoms. The van der Waals surface area contributed by atoms with Crippen LogP contribution in [0.5, 0.6) is 0 Å². The molecule has 2 heterocycles.